The molecule has 3 N–H and O–H groups in total. The van der Waals surface area contributed by atoms with E-state index >= 15 is 0 Å². The van der Waals surface area contributed by atoms with E-state index in [0.717, 1.165) is 5.75 Å². The molecule has 0 aliphatic carbocycles. The van der Waals surface area contributed by atoms with Crippen LogP contribution in [0.4, 0.5) is 5.69 Å². The highest BCUT2D eigenvalue weighted by Gasteiger charge is 2.23. The number of rotatable bonds is 5. The molecule has 1 aliphatic rings. The molecule has 1 unspecified atom stereocenters. The van der Waals surface area contributed by atoms with E-state index in [9.17, 15) is 0 Å². The summed E-state index contributed by atoms with van der Waals surface area (Å²) >= 11 is 0. The van der Waals surface area contributed by atoms with Gasteiger partial charge in [0.25, 0.3) is 0 Å². The van der Waals surface area contributed by atoms with Gasteiger partial charge in [-0.05, 0) is 18.2 Å². The molecule has 6 heteroatoms. The number of nitrogens with one attached hydrogen (secondary N) is 1. The van der Waals surface area contributed by atoms with Gasteiger partial charge in [0, 0.05) is 17.5 Å². The van der Waals surface area contributed by atoms with Gasteiger partial charge in [0.15, 0.2) is 5.96 Å². The SMILES string of the molecule is COc1ccc(OC)c(NC(N)=NCC2COc3ccccc32)c1. The molecular weight excluding hydrogens is 306 g/mol. The zero-order valence-electron chi connectivity index (χ0n) is 13.8. The van der Waals surface area contributed by atoms with Crippen LogP contribution in [0, 0.1) is 0 Å². The van der Waals surface area contributed by atoms with Crippen LogP contribution in [0.5, 0.6) is 17.2 Å². The van der Waals surface area contributed by atoms with Crippen molar-refractivity contribution in [1.29, 1.82) is 0 Å². The molecule has 6 nitrogen and oxygen atoms in total. The third-order valence-corrected chi connectivity index (χ3v) is 3.95. The Bertz CT molecular complexity index is 746. The van der Waals surface area contributed by atoms with E-state index in [1.807, 2.05) is 36.4 Å². The summed E-state index contributed by atoms with van der Waals surface area (Å²) in [6.07, 6.45) is 0. The maximum Gasteiger partial charge on any atom is 0.193 e. The van der Waals surface area contributed by atoms with Gasteiger partial charge < -0.3 is 25.3 Å². The van der Waals surface area contributed by atoms with E-state index in [1.165, 1.54) is 5.56 Å². The second-order valence-corrected chi connectivity index (χ2v) is 5.46. The van der Waals surface area contributed by atoms with Crippen molar-refractivity contribution in [2.24, 2.45) is 10.7 Å². The molecule has 0 spiro atoms. The molecule has 0 saturated carbocycles. The number of methoxy groups -OCH3 is 2. The van der Waals surface area contributed by atoms with Crippen molar-refractivity contribution in [2.45, 2.75) is 5.92 Å². The van der Waals surface area contributed by atoms with E-state index in [1.54, 1.807) is 14.2 Å². The lowest BCUT2D eigenvalue weighted by Gasteiger charge is -2.12. The number of guanidine groups is 1. The molecule has 3 rings (SSSR count). The number of ether oxygens (including phenoxy) is 3. The quantitative estimate of drug-likeness (QED) is 0.652. The lowest BCUT2D eigenvalue weighted by molar-refractivity contribution is 0.333. The summed E-state index contributed by atoms with van der Waals surface area (Å²) in [7, 11) is 3.22. The fourth-order valence-corrected chi connectivity index (χ4v) is 2.68. The molecule has 0 saturated heterocycles. The van der Waals surface area contributed by atoms with Crippen LogP contribution in [0.1, 0.15) is 11.5 Å². The van der Waals surface area contributed by atoms with Crippen molar-refractivity contribution in [3.63, 3.8) is 0 Å². The Morgan fingerprint density at radius 3 is 2.88 bits per heavy atom. The molecule has 2 aromatic carbocycles. The molecule has 0 radical (unpaired) electrons. The standard InChI is InChI=1S/C18H21N3O3/c1-22-13-7-8-17(23-2)15(9-13)21-18(19)20-10-12-11-24-16-6-4-3-5-14(12)16/h3-9,12H,10-11H2,1-2H3,(H3,19,20,21). The number of aliphatic imine (C=N–C) groups is 1. The Morgan fingerprint density at radius 2 is 2.08 bits per heavy atom. The summed E-state index contributed by atoms with van der Waals surface area (Å²) < 4.78 is 16.2. The number of hydrogen-bond acceptors (Lipinski definition) is 4. The molecular formula is C18H21N3O3. The van der Waals surface area contributed by atoms with Crippen LogP contribution >= 0.6 is 0 Å². The van der Waals surface area contributed by atoms with Crippen LogP contribution in [0.3, 0.4) is 0 Å². The number of benzene rings is 2. The number of fused-ring (bicyclic) bond motifs is 1. The minimum atomic E-state index is 0.216. The zero-order chi connectivity index (χ0) is 16.9. The average Bonchev–Trinajstić information content (AvgIpc) is 3.03. The molecule has 2 aromatic rings. The monoisotopic (exact) mass is 327 g/mol. The van der Waals surface area contributed by atoms with Crippen molar-refractivity contribution in [3.05, 3.63) is 48.0 Å². The summed E-state index contributed by atoms with van der Waals surface area (Å²) in [6, 6.07) is 13.5. The first-order valence-electron chi connectivity index (χ1n) is 7.72. The molecule has 0 bridgehead atoms. The number of anilines is 1. The van der Waals surface area contributed by atoms with Gasteiger partial charge in [-0.15, -0.1) is 0 Å². The number of nitrogens with two attached hydrogens (primary N) is 1. The summed E-state index contributed by atoms with van der Waals surface area (Å²) in [5.74, 6) is 2.85. The Hall–Kier alpha value is -2.89. The van der Waals surface area contributed by atoms with E-state index in [0.29, 0.717) is 36.3 Å². The summed E-state index contributed by atoms with van der Waals surface area (Å²) in [6.45, 7) is 1.18. The van der Waals surface area contributed by atoms with E-state index in [4.69, 9.17) is 19.9 Å². The Labute approximate surface area is 141 Å². The van der Waals surface area contributed by atoms with Crippen molar-refractivity contribution >= 4 is 11.6 Å². The lowest BCUT2D eigenvalue weighted by Crippen LogP contribution is -2.24. The molecule has 24 heavy (non-hydrogen) atoms. The van der Waals surface area contributed by atoms with Gasteiger partial charge in [-0.2, -0.15) is 0 Å². The smallest absolute Gasteiger partial charge is 0.193 e. The van der Waals surface area contributed by atoms with Gasteiger partial charge in [0.2, 0.25) is 0 Å². The van der Waals surface area contributed by atoms with Gasteiger partial charge >= 0.3 is 0 Å². The predicted octanol–water partition coefficient (Wildman–Crippen LogP) is 2.61. The van der Waals surface area contributed by atoms with Gasteiger partial charge in [0.05, 0.1) is 33.1 Å². The second kappa shape index (κ2) is 7.12. The zero-order valence-corrected chi connectivity index (χ0v) is 13.8. The lowest BCUT2D eigenvalue weighted by atomic mass is 10.0. The van der Waals surface area contributed by atoms with Crippen molar-refractivity contribution in [1.82, 2.24) is 0 Å². The Kier molecular flexibility index (Phi) is 4.74. The number of nitrogens with zero attached hydrogens (tertiary/aromatic N) is 1. The first-order chi connectivity index (χ1) is 11.7. The highest BCUT2D eigenvalue weighted by atomic mass is 16.5. The first-order valence-corrected chi connectivity index (χ1v) is 7.72. The van der Waals surface area contributed by atoms with Crippen LogP contribution in [-0.4, -0.2) is 33.3 Å². The van der Waals surface area contributed by atoms with Gasteiger partial charge in [-0.3, -0.25) is 4.99 Å². The largest absolute Gasteiger partial charge is 0.497 e. The maximum absolute atomic E-state index is 6.02. The van der Waals surface area contributed by atoms with Crippen LogP contribution in [0.2, 0.25) is 0 Å². The van der Waals surface area contributed by atoms with Crippen LogP contribution in [0.25, 0.3) is 0 Å². The third-order valence-electron chi connectivity index (χ3n) is 3.95. The molecule has 126 valence electrons. The van der Waals surface area contributed by atoms with Crippen LogP contribution < -0.4 is 25.3 Å². The van der Waals surface area contributed by atoms with Crippen LogP contribution in [-0.2, 0) is 0 Å². The topological polar surface area (TPSA) is 78.1 Å². The Morgan fingerprint density at radius 1 is 1.25 bits per heavy atom. The van der Waals surface area contributed by atoms with Crippen LogP contribution in [0.15, 0.2) is 47.5 Å². The second-order valence-electron chi connectivity index (χ2n) is 5.46. The summed E-state index contributed by atoms with van der Waals surface area (Å²) in [5, 5.41) is 3.07. The van der Waals surface area contributed by atoms with Gasteiger partial charge in [-0.1, -0.05) is 18.2 Å². The molecule has 0 fully saturated rings. The highest BCUT2D eigenvalue weighted by Crippen LogP contribution is 2.33. The number of para-hydroxylation sites is 1. The molecule has 1 heterocycles. The van der Waals surface area contributed by atoms with Gasteiger partial charge in [0.1, 0.15) is 17.2 Å². The predicted molar refractivity (Wildman–Crippen MR) is 94.3 cm³/mol. The van der Waals surface area contributed by atoms with Crippen molar-refractivity contribution in [2.75, 3.05) is 32.7 Å². The third kappa shape index (κ3) is 3.37. The molecule has 1 aliphatic heterocycles. The summed E-state index contributed by atoms with van der Waals surface area (Å²) in [4.78, 5) is 4.44. The van der Waals surface area contributed by atoms with E-state index < -0.39 is 0 Å². The molecule has 0 amide bonds. The van der Waals surface area contributed by atoms with E-state index in [-0.39, 0.29) is 5.92 Å². The fourth-order valence-electron chi connectivity index (χ4n) is 2.68. The molecule has 0 aromatic heterocycles. The van der Waals surface area contributed by atoms with Crippen molar-refractivity contribution < 1.29 is 14.2 Å². The van der Waals surface area contributed by atoms with E-state index in [2.05, 4.69) is 16.4 Å². The normalized spacial score (nSPS) is 16.2. The van der Waals surface area contributed by atoms with Gasteiger partial charge in [-0.25, -0.2) is 0 Å². The average molecular weight is 327 g/mol. The minimum Gasteiger partial charge on any atom is -0.497 e. The fraction of sp³-hybridized carbons (Fsp3) is 0.278. The first kappa shape index (κ1) is 16.0. The molecule has 1 atom stereocenters. The minimum absolute atomic E-state index is 0.216. The van der Waals surface area contributed by atoms with Crippen molar-refractivity contribution in [3.8, 4) is 17.2 Å². The number of hydrogen-bond donors (Lipinski definition) is 2. The highest BCUT2D eigenvalue weighted by molar-refractivity contribution is 5.94. The summed E-state index contributed by atoms with van der Waals surface area (Å²) in [5.41, 5.74) is 7.90. The maximum atomic E-state index is 6.02. The Balaban J connectivity index is 1.69.